The molecule has 1 aliphatic rings. The highest BCUT2D eigenvalue weighted by atomic mass is 32.2. The first kappa shape index (κ1) is 20.3. The van der Waals surface area contributed by atoms with E-state index in [1.807, 2.05) is 13.0 Å². The molecule has 1 aliphatic heterocycles. The molecule has 0 radical (unpaired) electrons. The predicted molar refractivity (Wildman–Crippen MR) is 108 cm³/mol. The van der Waals surface area contributed by atoms with E-state index in [2.05, 4.69) is 15.6 Å². The van der Waals surface area contributed by atoms with Crippen molar-refractivity contribution in [1.82, 2.24) is 14.6 Å². The number of piperidine rings is 1. The third-order valence-corrected chi connectivity index (χ3v) is 6.91. The summed E-state index contributed by atoms with van der Waals surface area (Å²) >= 11 is 0. The number of hydrogen-bond donors (Lipinski definition) is 2. The molecule has 7 nitrogen and oxygen atoms in total. The average molecular weight is 403 g/mol. The van der Waals surface area contributed by atoms with Crippen LogP contribution >= 0.6 is 0 Å². The third-order valence-electron chi connectivity index (χ3n) is 4.94. The number of anilines is 1. The van der Waals surface area contributed by atoms with Crippen LogP contribution in [0.3, 0.4) is 0 Å². The summed E-state index contributed by atoms with van der Waals surface area (Å²) in [5, 5.41) is 5.45. The Morgan fingerprint density at radius 2 is 2.00 bits per heavy atom. The van der Waals surface area contributed by atoms with Gasteiger partial charge < -0.3 is 10.6 Å². The molecule has 1 saturated heterocycles. The summed E-state index contributed by atoms with van der Waals surface area (Å²) < 4.78 is 27.6. The predicted octanol–water partition coefficient (Wildman–Crippen LogP) is 3.36. The largest absolute Gasteiger partial charge is 0.334 e. The van der Waals surface area contributed by atoms with Crippen LogP contribution in [-0.2, 0) is 16.6 Å². The Labute approximate surface area is 166 Å². The summed E-state index contributed by atoms with van der Waals surface area (Å²) in [5.74, 6) is 0. The van der Waals surface area contributed by atoms with Gasteiger partial charge in [-0.05, 0) is 55.2 Å². The number of pyridine rings is 1. The number of carbonyl (C=O) groups excluding carboxylic acids is 1. The summed E-state index contributed by atoms with van der Waals surface area (Å²) in [5.41, 5.74) is 1.43. The fraction of sp³-hybridized carbons (Fsp3) is 0.400. The second-order valence-corrected chi connectivity index (χ2v) is 8.76. The number of carbonyl (C=O) groups is 1. The van der Waals surface area contributed by atoms with Crippen molar-refractivity contribution in [3.8, 4) is 0 Å². The fourth-order valence-electron chi connectivity index (χ4n) is 3.40. The molecule has 1 fully saturated rings. The molecule has 3 rings (SSSR count). The van der Waals surface area contributed by atoms with Gasteiger partial charge in [-0.25, -0.2) is 13.2 Å². The Balaban J connectivity index is 1.61. The number of hydrogen-bond acceptors (Lipinski definition) is 4. The molecule has 2 N–H and O–H groups in total. The number of rotatable bonds is 6. The first-order valence-electron chi connectivity index (χ1n) is 9.56. The van der Waals surface area contributed by atoms with Crippen molar-refractivity contribution in [3.05, 3.63) is 54.4 Å². The van der Waals surface area contributed by atoms with E-state index in [1.165, 1.54) is 0 Å². The zero-order chi connectivity index (χ0) is 20.0. The van der Waals surface area contributed by atoms with Crippen LogP contribution in [0.5, 0.6) is 0 Å². The molecule has 8 heteroatoms. The maximum atomic E-state index is 13.0. The second-order valence-electron chi connectivity index (χ2n) is 6.87. The van der Waals surface area contributed by atoms with E-state index in [1.54, 1.807) is 47.0 Å². The molecule has 0 unspecified atom stereocenters. The zero-order valence-corrected chi connectivity index (χ0v) is 16.8. The molecular weight excluding hydrogens is 376 g/mol. The van der Waals surface area contributed by atoms with Gasteiger partial charge in [-0.2, -0.15) is 4.31 Å². The monoisotopic (exact) mass is 402 g/mol. The van der Waals surface area contributed by atoms with Gasteiger partial charge in [0.05, 0.1) is 4.90 Å². The van der Waals surface area contributed by atoms with E-state index in [0.29, 0.717) is 18.8 Å². The van der Waals surface area contributed by atoms with Gasteiger partial charge in [0.25, 0.3) is 0 Å². The van der Waals surface area contributed by atoms with Crippen LogP contribution in [0.4, 0.5) is 10.5 Å². The van der Waals surface area contributed by atoms with E-state index >= 15 is 0 Å². The summed E-state index contributed by atoms with van der Waals surface area (Å²) in [6.45, 7) is 2.95. The molecule has 2 heterocycles. The number of nitrogens with zero attached hydrogens (tertiary/aromatic N) is 2. The Kier molecular flexibility index (Phi) is 6.64. The molecule has 1 atom stereocenters. The number of nitrogens with one attached hydrogen (secondary N) is 2. The topological polar surface area (TPSA) is 91.4 Å². The molecule has 28 heavy (non-hydrogen) atoms. The Morgan fingerprint density at radius 3 is 2.68 bits per heavy atom. The highest BCUT2D eigenvalue weighted by Gasteiger charge is 2.32. The number of aromatic nitrogens is 1. The van der Waals surface area contributed by atoms with Gasteiger partial charge in [0.15, 0.2) is 0 Å². The van der Waals surface area contributed by atoms with E-state index in [0.717, 1.165) is 31.2 Å². The molecule has 0 bridgehead atoms. The molecule has 1 aromatic carbocycles. The van der Waals surface area contributed by atoms with Crippen molar-refractivity contribution in [2.24, 2.45) is 0 Å². The molecular formula is C20H26N4O3S. The lowest BCUT2D eigenvalue weighted by atomic mass is 10.0. The summed E-state index contributed by atoms with van der Waals surface area (Å²) in [7, 11) is -3.52. The van der Waals surface area contributed by atoms with Crippen molar-refractivity contribution in [2.45, 2.75) is 50.1 Å². The SMILES string of the molecule is CC[C@H]1CCCCN1S(=O)(=O)c1ccc(NC(=O)NCc2cccnc2)cc1. The quantitative estimate of drug-likeness (QED) is 0.775. The van der Waals surface area contributed by atoms with Gasteiger partial charge in [-0.1, -0.05) is 19.4 Å². The molecule has 2 aromatic rings. The van der Waals surface area contributed by atoms with Gasteiger partial charge in [0.1, 0.15) is 0 Å². The van der Waals surface area contributed by atoms with Crippen molar-refractivity contribution in [1.29, 1.82) is 0 Å². The fourth-order valence-corrected chi connectivity index (χ4v) is 5.17. The lowest BCUT2D eigenvalue weighted by Crippen LogP contribution is -2.43. The molecule has 0 spiro atoms. The number of sulfonamides is 1. The van der Waals surface area contributed by atoms with E-state index in [-0.39, 0.29) is 17.0 Å². The van der Waals surface area contributed by atoms with Crippen LogP contribution in [0.1, 0.15) is 38.2 Å². The van der Waals surface area contributed by atoms with Crippen LogP contribution in [0.25, 0.3) is 0 Å². The van der Waals surface area contributed by atoms with Crippen LogP contribution in [0.15, 0.2) is 53.7 Å². The summed E-state index contributed by atoms with van der Waals surface area (Å²) in [4.78, 5) is 16.3. The first-order chi connectivity index (χ1) is 13.5. The highest BCUT2D eigenvalue weighted by molar-refractivity contribution is 7.89. The van der Waals surface area contributed by atoms with Crippen LogP contribution in [0.2, 0.25) is 0 Å². The Bertz CT molecular complexity index is 885. The van der Waals surface area contributed by atoms with E-state index < -0.39 is 10.0 Å². The Morgan fingerprint density at radius 1 is 1.21 bits per heavy atom. The van der Waals surface area contributed by atoms with Crippen LogP contribution in [0, 0.1) is 0 Å². The minimum absolute atomic E-state index is 0.0646. The molecule has 1 aromatic heterocycles. The molecule has 0 saturated carbocycles. The summed E-state index contributed by atoms with van der Waals surface area (Å²) in [6.07, 6.45) is 7.05. The van der Waals surface area contributed by atoms with Gasteiger partial charge in [0, 0.05) is 37.2 Å². The van der Waals surface area contributed by atoms with Gasteiger partial charge in [-0.15, -0.1) is 0 Å². The lowest BCUT2D eigenvalue weighted by molar-refractivity contribution is 0.246. The zero-order valence-electron chi connectivity index (χ0n) is 16.0. The number of urea groups is 1. The van der Waals surface area contributed by atoms with Crippen molar-refractivity contribution >= 4 is 21.7 Å². The van der Waals surface area contributed by atoms with Crippen molar-refractivity contribution < 1.29 is 13.2 Å². The summed E-state index contributed by atoms with van der Waals surface area (Å²) in [6, 6.07) is 9.71. The smallest absolute Gasteiger partial charge is 0.319 e. The third kappa shape index (κ3) is 4.88. The highest BCUT2D eigenvalue weighted by Crippen LogP contribution is 2.27. The number of amides is 2. The van der Waals surface area contributed by atoms with Gasteiger partial charge in [0.2, 0.25) is 10.0 Å². The molecule has 150 valence electrons. The minimum atomic E-state index is -3.52. The van der Waals surface area contributed by atoms with Crippen LogP contribution < -0.4 is 10.6 Å². The second kappa shape index (κ2) is 9.16. The maximum absolute atomic E-state index is 13.0. The minimum Gasteiger partial charge on any atom is -0.334 e. The first-order valence-corrected chi connectivity index (χ1v) is 11.0. The van der Waals surface area contributed by atoms with Gasteiger partial charge in [-0.3, -0.25) is 4.98 Å². The number of benzene rings is 1. The molecule has 0 aliphatic carbocycles. The van der Waals surface area contributed by atoms with E-state index in [9.17, 15) is 13.2 Å². The normalized spacial score (nSPS) is 17.8. The van der Waals surface area contributed by atoms with E-state index in [4.69, 9.17) is 0 Å². The molecule has 2 amide bonds. The lowest BCUT2D eigenvalue weighted by Gasteiger charge is -2.34. The van der Waals surface area contributed by atoms with Gasteiger partial charge >= 0.3 is 6.03 Å². The average Bonchev–Trinajstić information content (AvgIpc) is 2.73. The maximum Gasteiger partial charge on any atom is 0.319 e. The standard InChI is InChI=1S/C20H26N4O3S/c1-2-18-7-3-4-13-24(18)28(26,27)19-10-8-17(9-11-19)23-20(25)22-15-16-6-5-12-21-14-16/h5-6,8-12,14,18H,2-4,7,13,15H2,1H3,(H2,22,23,25)/t18-/m0/s1. The van der Waals surface area contributed by atoms with Crippen molar-refractivity contribution in [2.75, 3.05) is 11.9 Å². The van der Waals surface area contributed by atoms with Crippen LogP contribution in [-0.4, -0.2) is 36.3 Å². The Hall–Kier alpha value is -2.45. The van der Waals surface area contributed by atoms with Crippen molar-refractivity contribution in [3.63, 3.8) is 0 Å².